The van der Waals surface area contributed by atoms with Crippen LogP contribution in [0.15, 0.2) is 10.5 Å². The largest absolute Gasteiger partial charge is 0.383 e. The zero-order valence-corrected chi connectivity index (χ0v) is 9.43. The van der Waals surface area contributed by atoms with Gasteiger partial charge < -0.3 is 5.73 Å². The van der Waals surface area contributed by atoms with Gasteiger partial charge in [-0.05, 0) is 44.6 Å². The fraction of sp³-hybridized carbons (Fsp3) is 0.167. The van der Waals surface area contributed by atoms with Crippen molar-refractivity contribution in [2.45, 2.75) is 6.43 Å². The Morgan fingerprint density at radius 2 is 2.17 bits per heavy atom. The summed E-state index contributed by atoms with van der Waals surface area (Å²) in [4.78, 5) is 3.51. The van der Waals surface area contributed by atoms with Crippen LogP contribution in [0.25, 0.3) is 0 Å². The van der Waals surface area contributed by atoms with Crippen molar-refractivity contribution in [2.24, 2.45) is 0 Å². The Bertz CT molecular complexity index is 283. The topological polar surface area (TPSA) is 38.9 Å². The van der Waals surface area contributed by atoms with Crippen LogP contribution in [0.4, 0.5) is 14.6 Å². The van der Waals surface area contributed by atoms with E-state index in [1.165, 1.54) is 6.07 Å². The summed E-state index contributed by atoms with van der Waals surface area (Å²) in [6.45, 7) is 0. The van der Waals surface area contributed by atoms with Gasteiger partial charge in [-0.2, -0.15) is 0 Å². The number of anilines is 1. The molecular weight excluding hydrogens is 345 g/mol. The van der Waals surface area contributed by atoms with Crippen molar-refractivity contribution >= 4 is 44.3 Å². The molecule has 0 aliphatic rings. The number of nitrogens with two attached hydrogens (primary N) is 1. The van der Waals surface area contributed by atoms with Crippen LogP contribution in [-0.2, 0) is 0 Å². The molecule has 0 atom stereocenters. The Hall–Kier alpha value is 0.0200. The summed E-state index contributed by atoms with van der Waals surface area (Å²) in [6.07, 6.45) is -2.58. The summed E-state index contributed by atoms with van der Waals surface area (Å²) >= 11 is 5.03. The number of nitrogen functional groups attached to an aromatic ring is 1. The minimum absolute atomic E-state index is 0.0946. The van der Waals surface area contributed by atoms with Crippen molar-refractivity contribution < 1.29 is 8.78 Å². The van der Waals surface area contributed by atoms with Crippen LogP contribution in [0, 0.1) is 3.57 Å². The smallest absolute Gasteiger partial charge is 0.280 e. The van der Waals surface area contributed by atoms with Gasteiger partial charge in [0.25, 0.3) is 6.43 Å². The zero-order chi connectivity index (χ0) is 9.30. The molecule has 0 amide bonds. The van der Waals surface area contributed by atoms with E-state index in [0.29, 0.717) is 8.04 Å². The molecular formula is C6H4BrF2IN2. The van der Waals surface area contributed by atoms with E-state index in [-0.39, 0.29) is 11.5 Å². The number of alkyl halides is 2. The summed E-state index contributed by atoms with van der Waals surface area (Å²) in [5.41, 5.74) is 5.07. The molecule has 0 unspecified atom stereocenters. The molecule has 0 aliphatic heterocycles. The molecule has 1 rings (SSSR count). The lowest BCUT2D eigenvalue weighted by molar-refractivity contribution is 0.146. The molecule has 1 aromatic heterocycles. The van der Waals surface area contributed by atoms with E-state index in [0.717, 1.165) is 0 Å². The molecule has 66 valence electrons. The predicted molar refractivity (Wildman–Crippen MR) is 54.0 cm³/mol. The first kappa shape index (κ1) is 10.1. The molecule has 0 fully saturated rings. The summed E-state index contributed by atoms with van der Waals surface area (Å²) in [5, 5.41) is 0. The molecule has 12 heavy (non-hydrogen) atoms. The van der Waals surface area contributed by atoms with Crippen molar-refractivity contribution in [1.82, 2.24) is 4.98 Å². The molecule has 1 aromatic rings. The van der Waals surface area contributed by atoms with Crippen LogP contribution in [0.1, 0.15) is 12.1 Å². The third-order valence-corrected chi connectivity index (χ3v) is 3.61. The van der Waals surface area contributed by atoms with Gasteiger partial charge in [0.15, 0.2) is 0 Å². The van der Waals surface area contributed by atoms with Gasteiger partial charge in [-0.15, -0.1) is 0 Å². The lowest BCUT2D eigenvalue weighted by atomic mass is 10.3. The van der Waals surface area contributed by atoms with Crippen molar-refractivity contribution in [3.8, 4) is 0 Å². The van der Waals surface area contributed by atoms with Gasteiger partial charge in [-0.1, -0.05) is 0 Å². The highest BCUT2D eigenvalue weighted by Crippen LogP contribution is 2.28. The van der Waals surface area contributed by atoms with Crippen LogP contribution >= 0.6 is 38.5 Å². The molecule has 2 nitrogen and oxygen atoms in total. The lowest BCUT2D eigenvalue weighted by Gasteiger charge is -2.03. The maximum Gasteiger partial charge on any atom is 0.280 e. The van der Waals surface area contributed by atoms with Gasteiger partial charge in [-0.3, -0.25) is 0 Å². The van der Waals surface area contributed by atoms with Gasteiger partial charge in [-0.25, -0.2) is 13.8 Å². The summed E-state index contributed by atoms with van der Waals surface area (Å²) in [6, 6.07) is 1.30. The average Bonchev–Trinajstić information content (AvgIpc) is 1.99. The van der Waals surface area contributed by atoms with Gasteiger partial charge in [0, 0.05) is 3.57 Å². The normalized spacial score (nSPS) is 10.8. The molecule has 0 bridgehead atoms. The maximum absolute atomic E-state index is 12.1. The monoisotopic (exact) mass is 348 g/mol. The molecule has 1 heterocycles. The Kier molecular flexibility index (Phi) is 3.22. The van der Waals surface area contributed by atoms with Crippen molar-refractivity contribution in [3.05, 3.63) is 19.8 Å². The van der Waals surface area contributed by atoms with E-state index in [1.807, 2.05) is 22.6 Å². The second-order valence-corrected chi connectivity index (χ2v) is 3.98. The zero-order valence-electron chi connectivity index (χ0n) is 5.69. The SMILES string of the molecule is Nc1nc(C(F)F)cc(I)c1Br. The van der Waals surface area contributed by atoms with Gasteiger partial charge in [0.2, 0.25) is 0 Å². The highest BCUT2D eigenvalue weighted by Gasteiger charge is 2.12. The average molecular weight is 349 g/mol. The van der Waals surface area contributed by atoms with E-state index >= 15 is 0 Å². The second kappa shape index (κ2) is 3.82. The van der Waals surface area contributed by atoms with Crippen molar-refractivity contribution in [2.75, 3.05) is 5.73 Å². The molecule has 6 heteroatoms. The molecule has 0 saturated carbocycles. The standard InChI is InChI=1S/C6H4BrF2IN2/c7-4-2(10)1-3(5(8)9)12-6(4)11/h1,5H,(H2,11,12). The van der Waals surface area contributed by atoms with E-state index < -0.39 is 6.43 Å². The van der Waals surface area contributed by atoms with Gasteiger partial charge in [0.05, 0.1) is 4.47 Å². The molecule has 0 aliphatic carbocycles. The van der Waals surface area contributed by atoms with Crippen molar-refractivity contribution in [3.63, 3.8) is 0 Å². The number of halogens is 4. The van der Waals surface area contributed by atoms with Gasteiger partial charge >= 0.3 is 0 Å². The first-order valence-electron chi connectivity index (χ1n) is 2.92. The molecule has 0 saturated heterocycles. The predicted octanol–water partition coefficient (Wildman–Crippen LogP) is 2.97. The first-order chi connectivity index (χ1) is 5.52. The Balaban J connectivity index is 3.21. The molecule has 0 radical (unpaired) electrons. The third-order valence-electron chi connectivity index (χ3n) is 1.18. The number of nitrogens with zero attached hydrogens (tertiary/aromatic N) is 1. The highest BCUT2D eigenvalue weighted by molar-refractivity contribution is 14.1. The Labute approximate surface area is 89.8 Å². The van der Waals surface area contributed by atoms with Crippen LogP contribution in [0.2, 0.25) is 0 Å². The molecule has 2 N–H and O–H groups in total. The summed E-state index contributed by atoms with van der Waals surface area (Å²) in [7, 11) is 0. The number of rotatable bonds is 1. The lowest BCUT2D eigenvalue weighted by Crippen LogP contribution is -1.99. The first-order valence-corrected chi connectivity index (χ1v) is 4.79. The fourth-order valence-corrected chi connectivity index (χ4v) is 1.45. The minimum atomic E-state index is -2.58. The van der Waals surface area contributed by atoms with Crippen LogP contribution < -0.4 is 5.73 Å². The quantitative estimate of drug-likeness (QED) is 0.792. The van der Waals surface area contributed by atoms with E-state index in [1.54, 1.807) is 0 Å². The van der Waals surface area contributed by atoms with Crippen LogP contribution in [0.5, 0.6) is 0 Å². The molecule has 0 aromatic carbocycles. The van der Waals surface area contributed by atoms with E-state index in [2.05, 4.69) is 20.9 Å². The minimum Gasteiger partial charge on any atom is -0.383 e. The van der Waals surface area contributed by atoms with E-state index in [9.17, 15) is 8.78 Å². The van der Waals surface area contributed by atoms with E-state index in [4.69, 9.17) is 5.73 Å². The second-order valence-electron chi connectivity index (χ2n) is 2.03. The summed E-state index contributed by atoms with van der Waals surface area (Å²) in [5.74, 6) is 0.0946. The highest BCUT2D eigenvalue weighted by atomic mass is 127. The number of aromatic nitrogens is 1. The van der Waals surface area contributed by atoms with Gasteiger partial charge in [0.1, 0.15) is 11.5 Å². The fourth-order valence-electron chi connectivity index (χ4n) is 0.648. The Morgan fingerprint density at radius 1 is 1.58 bits per heavy atom. The third kappa shape index (κ3) is 2.03. The van der Waals surface area contributed by atoms with Crippen LogP contribution in [0.3, 0.4) is 0 Å². The van der Waals surface area contributed by atoms with Crippen molar-refractivity contribution in [1.29, 1.82) is 0 Å². The number of hydrogen-bond donors (Lipinski definition) is 1. The number of pyridine rings is 1. The Morgan fingerprint density at radius 3 is 2.58 bits per heavy atom. The number of hydrogen-bond acceptors (Lipinski definition) is 2. The maximum atomic E-state index is 12.1. The summed E-state index contributed by atoms with van der Waals surface area (Å²) < 4.78 is 25.4. The molecule has 0 spiro atoms. The van der Waals surface area contributed by atoms with Crippen LogP contribution in [-0.4, -0.2) is 4.98 Å².